The molecule has 1 atom stereocenters. The van der Waals surface area contributed by atoms with Crippen LogP contribution in [0.5, 0.6) is 0 Å². The van der Waals surface area contributed by atoms with Crippen LogP contribution in [0.15, 0.2) is 79.0 Å². The Labute approximate surface area is 203 Å². The summed E-state index contributed by atoms with van der Waals surface area (Å²) in [6.07, 6.45) is 2.31. The summed E-state index contributed by atoms with van der Waals surface area (Å²) < 4.78 is 2.25. The number of hydrogen-bond acceptors (Lipinski definition) is 2. The Hall–Kier alpha value is -3.54. The number of carbonyl (C=O) groups is 1. The molecule has 5 aromatic rings. The van der Waals surface area contributed by atoms with Crippen molar-refractivity contribution in [1.82, 2.24) is 14.9 Å². The van der Waals surface area contributed by atoms with Gasteiger partial charge in [-0.15, -0.1) is 0 Å². The van der Waals surface area contributed by atoms with E-state index in [-0.39, 0.29) is 0 Å². The Balaban J connectivity index is 1.43. The van der Waals surface area contributed by atoms with E-state index in [0.717, 1.165) is 49.2 Å². The molecule has 172 valence electrons. The number of hydrogen-bond donors (Lipinski definition) is 3. The highest BCUT2D eigenvalue weighted by atomic mass is 35.5. The van der Waals surface area contributed by atoms with Crippen molar-refractivity contribution >= 4 is 39.4 Å². The van der Waals surface area contributed by atoms with Gasteiger partial charge < -0.3 is 14.7 Å². The lowest BCUT2D eigenvalue weighted by Gasteiger charge is -2.15. The third-order valence-electron chi connectivity index (χ3n) is 6.57. The summed E-state index contributed by atoms with van der Waals surface area (Å²) in [5.41, 5.74) is 6.38. The summed E-state index contributed by atoms with van der Waals surface area (Å²) >= 11 is 6.44. The molecular weight excluding hydrogens is 446 g/mol. The number of H-pyrrole nitrogens is 1. The van der Waals surface area contributed by atoms with Crippen LogP contribution in [-0.4, -0.2) is 26.7 Å². The number of fused-ring (bicyclic) bond motifs is 2. The van der Waals surface area contributed by atoms with Crippen molar-refractivity contribution in [2.24, 2.45) is 0 Å². The first-order valence-corrected chi connectivity index (χ1v) is 11.7. The maximum atomic E-state index is 12.1. The topological polar surface area (TPSA) is 70.1 Å². The number of benzene rings is 3. The van der Waals surface area contributed by atoms with Gasteiger partial charge in [0.2, 0.25) is 0 Å². The van der Waals surface area contributed by atoms with Crippen molar-refractivity contribution in [3.8, 4) is 0 Å². The van der Waals surface area contributed by atoms with Crippen molar-refractivity contribution in [2.75, 3.05) is 0 Å². The predicted molar refractivity (Wildman–Crippen MR) is 137 cm³/mol. The number of carboxylic acid groups (broad SMARTS) is 1. The molecule has 0 radical (unpaired) electrons. The van der Waals surface area contributed by atoms with E-state index >= 15 is 0 Å². The molecule has 0 aliphatic rings. The zero-order chi connectivity index (χ0) is 23.7. The molecule has 3 aromatic carbocycles. The quantitative estimate of drug-likeness (QED) is 0.263. The molecule has 0 unspecified atom stereocenters. The third-order valence-corrected chi connectivity index (χ3v) is 6.94. The molecule has 0 fully saturated rings. The van der Waals surface area contributed by atoms with Crippen LogP contribution >= 0.6 is 11.6 Å². The van der Waals surface area contributed by atoms with E-state index in [1.807, 2.05) is 66.9 Å². The largest absolute Gasteiger partial charge is 0.480 e. The highest BCUT2D eigenvalue weighted by molar-refractivity contribution is 6.31. The number of aromatic nitrogens is 2. The lowest BCUT2D eigenvalue weighted by molar-refractivity contribution is -0.139. The maximum Gasteiger partial charge on any atom is 0.321 e. The SMILES string of the molecule is Cc1c(CN[C@@H](Cc2c[nH]c3ccccc23)C(=O)O)c2ccccc2n1Cc1ccccc1Cl. The number of halogens is 1. The van der Waals surface area contributed by atoms with Gasteiger partial charge in [0, 0.05) is 58.2 Å². The van der Waals surface area contributed by atoms with Crippen molar-refractivity contribution in [3.05, 3.63) is 106 Å². The minimum Gasteiger partial charge on any atom is -0.480 e. The van der Waals surface area contributed by atoms with Crippen molar-refractivity contribution < 1.29 is 9.90 Å². The number of nitrogens with zero attached hydrogens (tertiary/aromatic N) is 1. The summed E-state index contributed by atoms with van der Waals surface area (Å²) in [7, 11) is 0. The molecule has 0 spiro atoms. The predicted octanol–water partition coefficient (Wildman–Crippen LogP) is 5.92. The maximum absolute atomic E-state index is 12.1. The average Bonchev–Trinajstić information content (AvgIpc) is 3.37. The van der Waals surface area contributed by atoms with E-state index in [0.29, 0.717) is 19.5 Å². The number of nitrogens with one attached hydrogen (secondary N) is 2. The number of aliphatic carboxylic acids is 1. The Morgan fingerprint density at radius 3 is 2.50 bits per heavy atom. The van der Waals surface area contributed by atoms with Gasteiger partial charge in [-0.25, -0.2) is 0 Å². The molecule has 0 saturated heterocycles. The fourth-order valence-corrected chi connectivity index (χ4v) is 4.91. The van der Waals surface area contributed by atoms with E-state index in [1.54, 1.807) is 0 Å². The van der Waals surface area contributed by atoms with Gasteiger partial charge in [-0.3, -0.25) is 10.1 Å². The molecule has 34 heavy (non-hydrogen) atoms. The highest BCUT2D eigenvalue weighted by Crippen LogP contribution is 2.28. The Morgan fingerprint density at radius 1 is 1.00 bits per heavy atom. The molecule has 5 nitrogen and oxygen atoms in total. The third kappa shape index (κ3) is 4.20. The molecule has 0 amide bonds. The Morgan fingerprint density at radius 2 is 1.71 bits per heavy atom. The molecule has 0 aliphatic carbocycles. The Bertz CT molecular complexity index is 1480. The van der Waals surface area contributed by atoms with E-state index in [2.05, 4.69) is 33.9 Å². The minimum absolute atomic E-state index is 0.399. The zero-order valence-electron chi connectivity index (χ0n) is 18.9. The van der Waals surface area contributed by atoms with Gasteiger partial charge in [0.25, 0.3) is 0 Å². The van der Waals surface area contributed by atoms with Crippen molar-refractivity contribution in [3.63, 3.8) is 0 Å². The van der Waals surface area contributed by atoms with Crippen LogP contribution in [-0.2, 0) is 24.3 Å². The summed E-state index contributed by atoms with van der Waals surface area (Å²) in [5.74, 6) is -0.859. The smallest absolute Gasteiger partial charge is 0.321 e. The molecule has 2 aromatic heterocycles. The first-order chi connectivity index (χ1) is 16.5. The van der Waals surface area contributed by atoms with E-state index in [4.69, 9.17) is 11.6 Å². The van der Waals surface area contributed by atoms with Crippen LogP contribution in [0.2, 0.25) is 5.02 Å². The van der Waals surface area contributed by atoms with E-state index in [1.165, 1.54) is 0 Å². The lowest BCUT2D eigenvalue weighted by Crippen LogP contribution is -2.38. The van der Waals surface area contributed by atoms with Crippen LogP contribution in [0.3, 0.4) is 0 Å². The molecule has 2 heterocycles. The molecule has 0 saturated carbocycles. The minimum atomic E-state index is -0.859. The molecule has 0 aliphatic heterocycles. The lowest BCUT2D eigenvalue weighted by atomic mass is 10.0. The van der Waals surface area contributed by atoms with Gasteiger partial charge in [-0.2, -0.15) is 0 Å². The van der Waals surface area contributed by atoms with Crippen molar-refractivity contribution in [1.29, 1.82) is 0 Å². The van der Waals surface area contributed by atoms with Gasteiger partial charge in [0.1, 0.15) is 6.04 Å². The number of para-hydroxylation sites is 2. The summed E-state index contributed by atoms with van der Waals surface area (Å²) in [6, 6.07) is 23.4. The molecule has 0 bridgehead atoms. The molecule has 6 heteroatoms. The monoisotopic (exact) mass is 471 g/mol. The van der Waals surface area contributed by atoms with Crippen LogP contribution < -0.4 is 5.32 Å². The van der Waals surface area contributed by atoms with Gasteiger partial charge in [0.15, 0.2) is 0 Å². The van der Waals surface area contributed by atoms with Gasteiger partial charge in [-0.1, -0.05) is 66.2 Å². The normalized spacial score (nSPS) is 12.4. The standard InChI is InChI=1S/C28H26ClN3O2/c1-18-23(16-31-26(28(33)34)14-20-15-30-25-12-6-3-9-21(20)25)22-10-4-7-13-27(22)32(18)17-19-8-2-5-11-24(19)29/h2-13,15,26,30-31H,14,16-17H2,1H3,(H,33,34)/t26-/m0/s1. The van der Waals surface area contributed by atoms with Crippen LogP contribution in [0.25, 0.3) is 21.8 Å². The van der Waals surface area contributed by atoms with Crippen LogP contribution in [0, 0.1) is 6.92 Å². The van der Waals surface area contributed by atoms with Crippen LogP contribution in [0.1, 0.15) is 22.4 Å². The second-order valence-corrected chi connectivity index (χ2v) is 9.00. The van der Waals surface area contributed by atoms with Gasteiger partial charge >= 0.3 is 5.97 Å². The fourth-order valence-electron chi connectivity index (χ4n) is 4.72. The first kappa shape index (κ1) is 22.3. The summed E-state index contributed by atoms with van der Waals surface area (Å²) in [6.45, 7) is 3.20. The van der Waals surface area contributed by atoms with E-state index < -0.39 is 12.0 Å². The number of carboxylic acids is 1. The van der Waals surface area contributed by atoms with Crippen LogP contribution in [0.4, 0.5) is 0 Å². The number of rotatable bonds is 8. The second kappa shape index (κ2) is 9.37. The zero-order valence-corrected chi connectivity index (χ0v) is 19.6. The average molecular weight is 472 g/mol. The first-order valence-electron chi connectivity index (χ1n) is 11.3. The number of aromatic amines is 1. The molecule has 3 N–H and O–H groups in total. The molecular formula is C28H26ClN3O2. The van der Waals surface area contributed by atoms with E-state index in [9.17, 15) is 9.90 Å². The van der Waals surface area contributed by atoms with Crippen molar-refractivity contribution in [2.45, 2.75) is 32.5 Å². The summed E-state index contributed by atoms with van der Waals surface area (Å²) in [5, 5.41) is 16.2. The fraction of sp³-hybridized carbons (Fsp3) is 0.179. The summed E-state index contributed by atoms with van der Waals surface area (Å²) in [4.78, 5) is 15.4. The highest BCUT2D eigenvalue weighted by Gasteiger charge is 2.21. The van der Waals surface area contributed by atoms with Gasteiger partial charge in [0.05, 0.1) is 0 Å². The van der Waals surface area contributed by atoms with Gasteiger partial charge in [-0.05, 0) is 41.8 Å². The molecule has 5 rings (SSSR count). The Kier molecular flexibility index (Phi) is 6.14. The second-order valence-electron chi connectivity index (χ2n) is 8.59.